The van der Waals surface area contributed by atoms with E-state index in [1.807, 2.05) is 0 Å². The molecule has 23 heavy (non-hydrogen) atoms. The Labute approximate surface area is 130 Å². The number of amides is 2. The van der Waals surface area contributed by atoms with Crippen LogP contribution >= 0.6 is 0 Å². The van der Waals surface area contributed by atoms with E-state index in [1.165, 1.54) is 16.7 Å². The summed E-state index contributed by atoms with van der Waals surface area (Å²) in [5, 5.41) is 0. The van der Waals surface area contributed by atoms with Crippen LogP contribution in [0.4, 0.5) is 0 Å². The van der Waals surface area contributed by atoms with Gasteiger partial charge in [0.1, 0.15) is 0 Å². The normalized spacial score (nSPS) is 13.8. The van der Waals surface area contributed by atoms with Gasteiger partial charge in [-0.05, 0) is 38.0 Å². The van der Waals surface area contributed by atoms with E-state index in [2.05, 4.69) is 15.8 Å². The number of aromatic nitrogens is 2. The van der Waals surface area contributed by atoms with Gasteiger partial charge >= 0.3 is 11.1 Å². The van der Waals surface area contributed by atoms with Crippen LogP contribution < -0.4 is 22.0 Å². The number of H-pyrrole nitrogens is 1. The number of hydrogen-bond donors (Lipinski definition) is 3. The van der Waals surface area contributed by atoms with E-state index in [0.717, 1.165) is 12.8 Å². The fraction of sp³-hybridized carbons (Fsp3) is 0.333. The molecule has 0 spiro atoms. The van der Waals surface area contributed by atoms with Crippen LogP contribution in [0.1, 0.15) is 30.1 Å². The zero-order chi connectivity index (χ0) is 16.6. The summed E-state index contributed by atoms with van der Waals surface area (Å²) in [6, 6.07) is 4.60. The van der Waals surface area contributed by atoms with Crippen LogP contribution in [0.3, 0.4) is 0 Å². The first-order chi connectivity index (χ1) is 11.0. The summed E-state index contributed by atoms with van der Waals surface area (Å²) in [4.78, 5) is 49.4. The highest BCUT2D eigenvalue weighted by Gasteiger charge is 2.29. The van der Waals surface area contributed by atoms with Crippen LogP contribution in [0.5, 0.6) is 0 Å². The van der Waals surface area contributed by atoms with E-state index in [-0.39, 0.29) is 17.4 Å². The van der Waals surface area contributed by atoms with Crippen molar-refractivity contribution in [2.45, 2.75) is 26.3 Å². The Balaban J connectivity index is 1.88. The van der Waals surface area contributed by atoms with Gasteiger partial charge in [0.15, 0.2) is 0 Å². The Morgan fingerprint density at radius 3 is 2.65 bits per heavy atom. The van der Waals surface area contributed by atoms with E-state index >= 15 is 0 Å². The van der Waals surface area contributed by atoms with Crippen LogP contribution in [-0.2, 0) is 11.3 Å². The maximum absolute atomic E-state index is 12.1. The number of aryl methyl sites for hydroxylation is 1. The minimum atomic E-state index is -0.737. The predicted molar refractivity (Wildman–Crippen MR) is 82.8 cm³/mol. The molecule has 1 aliphatic carbocycles. The lowest BCUT2D eigenvalue weighted by atomic mass is 10.2. The number of benzene rings is 1. The number of nitrogens with one attached hydrogen (secondary N) is 3. The average molecular weight is 316 g/mol. The Morgan fingerprint density at radius 2 is 2.00 bits per heavy atom. The number of carbonyl (C=O) groups excluding carboxylic acids is 2. The summed E-state index contributed by atoms with van der Waals surface area (Å²) >= 11 is 0. The Kier molecular flexibility index (Phi) is 3.73. The molecule has 2 aromatic rings. The first-order valence-electron chi connectivity index (χ1n) is 7.38. The number of nitrogens with zero attached hydrogens (tertiary/aromatic N) is 1. The second kappa shape index (κ2) is 5.71. The van der Waals surface area contributed by atoms with E-state index in [4.69, 9.17) is 0 Å². The van der Waals surface area contributed by atoms with Crippen LogP contribution in [0.15, 0.2) is 27.8 Å². The van der Waals surface area contributed by atoms with E-state index in [9.17, 15) is 19.2 Å². The molecule has 8 heteroatoms. The molecule has 1 aromatic carbocycles. The summed E-state index contributed by atoms with van der Waals surface area (Å²) in [7, 11) is 0. The molecule has 0 radical (unpaired) electrons. The van der Waals surface area contributed by atoms with Gasteiger partial charge in [0, 0.05) is 18.0 Å². The fourth-order valence-electron chi connectivity index (χ4n) is 2.37. The first-order valence-corrected chi connectivity index (χ1v) is 7.38. The molecule has 2 amide bonds. The maximum atomic E-state index is 12.1. The molecule has 0 saturated heterocycles. The van der Waals surface area contributed by atoms with Gasteiger partial charge in [-0.1, -0.05) is 0 Å². The summed E-state index contributed by atoms with van der Waals surface area (Å²) in [6.45, 7) is 2.11. The number of hydrogen-bond acceptors (Lipinski definition) is 4. The second-order valence-electron chi connectivity index (χ2n) is 5.45. The van der Waals surface area contributed by atoms with Gasteiger partial charge in [0.2, 0.25) is 5.91 Å². The lowest BCUT2D eigenvalue weighted by Gasteiger charge is -2.10. The lowest BCUT2D eigenvalue weighted by Crippen LogP contribution is -2.42. The molecule has 3 N–H and O–H groups in total. The van der Waals surface area contributed by atoms with Crippen molar-refractivity contribution in [3.8, 4) is 0 Å². The molecule has 1 heterocycles. The molecule has 0 atom stereocenters. The van der Waals surface area contributed by atoms with Crippen molar-refractivity contribution in [3.05, 3.63) is 44.5 Å². The molecular formula is C15H16N4O4. The lowest BCUT2D eigenvalue weighted by molar-refractivity contribution is -0.123. The third-order valence-corrected chi connectivity index (χ3v) is 3.80. The monoisotopic (exact) mass is 316 g/mol. The van der Waals surface area contributed by atoms with Crippen molar-refractivity contribution >= 4 is 22.8 Å². The number of hydrazine groups is 1. The van der Waals surface area contributed by atoms with E-state index < -0.39 is 17.0 Å². The highest BCUT2D eigenvalue weighted by molar-refractivity contribution is 5.98. The Bertz CT molecular complexity index is 908. The van der Waals surface area contributed by atoms with E-state index in [1.54, 1.807) is 13.0 Å². The van der Waals surface area contributed by atoms with Crippen LogP contribution in [0.2, 0.25) is 0 Å². The molecule has 1 saturated carbocycles. The molecule has 1 fully saturated rings. The molecular weight excluding hydrogens is 300 g/mol. The van der Waals surface area contributed by atoms with Crippen LogP contribution in [0, 0.1) is 5.92 Å². The van der Waals surface area contributed by atoms with Gasteiger partial charge < -0.3 is 9.55 Å². The van der Waals surface area contributed by atoms with Gasteiger partial charge in [0.25, 0.3) is 5.91 Å². The molecule has 3 rings (SSSR count). The Morgan fingerprint density at radius 1 is 1.26 bits per heavy atom. The molecule has 1 aromatic heterocycles. The van der Waals surface area contributed by atoms with Gasteiger partial charge in [-0.25, -0.2) is 0 Å². The van der Waals surface area contributed by atoms with Crippen molar-refractivity contribution in [1.29, 1.82) is 0 Å². The number of aromatic amines is 1. The highest BCUT2D eigenvalue weighted by Crippen LogP contribution is 2.28. The van der Waals surface area contributed by atoms with Crippen molar-refractivity contribution in [1.82, 2.24) is 20.4 Å². The Hall–Kier alpha value is -2.90. The minimum absolute atomic E-state index is 0.0118. The zero-order valence-corrected chi connectivity index (χ0v) is 12.5. The van der Waals surface area contributed by atoms with Gasteiger partial charge in [-0.15, -0.1) is 0 Å². The molecule has 120 valence electrons. The zero-order valence-electron chi connectivity index (χ0n) is 12.5. The quantitative estimate of drug-likeness (QED) is 0.541. The summed E-state index contributed by atoms with van der Waals surface area (Å²) < 4.78 is 1.34. The molecule has 0 aliphatic heterocycles. The predicted octanol–water partition coefficient (Wildman–Crippen LogP) is -0.119. The molecule has 0 unspecified atom stereocenters. The summed E-state index contributed by atoms with van der Waals surface area (Å²) in [5.74, 6) is -0.703. The van der Waals surface area contributed by atoms with E-state index in [0.29, 0.717) is 17.6 Å². The molecule has 0 bridgehead atoms. The highest BCUT2D eigenvalue weighted by atomic mass is 16.2. The third kappa shape index (κ3) is 2.87. The molecule has 1 aliphatic rings. The van der Waals surface area contributed by atoms with Crippen molar-refractivity contribution in [3.63, 3.8) is 0 Å². The summed E-state index contributed by atoms with van der Waals surface area (Å²) in [6.07, 6.45) is 1.68. The third-order valence-electron chi connectivity index (χ3n) is 3.80. The number of fused-ring (bicyclic) bond motifs is 1. The van der Waals surface area contributed by atoms with Gasteiger partial charge in [-0.3, -0.25) is 30.0 Å². The van der Waals surface area contributed by atoms with Gasteiger partial charge in [0.05, 0.1) is 11.0 Å². The first kappa shape index (κ1) is 15.0. The van der Waals surface area contributed by atoms with Crippen LogP contribution in [-0.4, -0.2) is 21.4 Å². The molecule has 8 nitrogen and oxygen atoms in total. The van der Waals surface area contributed by atoms with Crippen molar-refractivity contribution in [2.24, 2.45) is 5.92 Å². The average Bonchev–Trinajstić information content (AvgIpc) is 3.38. The second-order valence-corrected chi connectivity index (χ2v) is 5.45. The number of rotatable bonds is 3. The van der Waals surface area contributed by atoms with Crippen molar-refractivity contribution < 1.29 is 9.59 Å². The maximum Gasteiger partial charge on any atom is 0.316 e. The van der Waals surface area contributed by atoms with Crippen LogP contribution in [0.25, 0.3) is 11.0 Å². The standard InChI is InChI=1S/C15H16N4O4/c1-2-19-11-6-5-9(7-10(11)16-14(22)15(19)23)13(21)18-17-12(20)8-3-4-8/h5-8H,2-4H2,1H3,(H,16,22)(H,17,20)(H,18,21). The topological polar surface area (TPSA) is 113 Å². The minimum Gasteiger partial charge on any atom is -0.316 e. The fourth-order valence-corrected chi connectivity index (χ4v) is 2.37. The smallest absolute Gasteiger partial charge is 0.316 e. The number of carbonyl (C=O) groups is 2. The SMILES string of the molecule is CCn1c(=O)c(=O)[nH]c2cc(C(=O)NNC(=O)C3CC3)ccc21. The summed E-state index contributed by atoms with van der Waals surface area (Å²) in [5.41, 5.74) is 4.53. The van der Waals surface area contributed by atoms with Crippen molar-refractivity contribution in [2.75, 3.05) is 0 Å². The van der Waals surface area contributed by atoms with Gasteiger partial charge in [-0.2, -0.15) is 0 Å². The largest absolute Gasteiger partial charge is 0.316 e.